The Bertz CT molecular complexity index is 1170. The molecule has 2 heterocycles. The number of aryl methyl sites for hydroxylation is 1. The minimum Gasteiger partial charge on any atom is -0.493 e. The number of fused-ring (bicyclic) bond motifs is 1. The Balaban J connectivity index is 1.47. The number of nitrogens with zero attached hydrogens (tertiary/aromatic N) is 1. The molecule has 4 rings (SSSR count). The van der Waals surface area contributed by atoms with Crippen LogP contribution in [0.2, 0.25) is 0 Å². The fourth-order valence-electron chi connectivity index (χ4n) is 4.02. The van der Waals surface area contributed by atoms with E-state index in [0.717, 1.165) is 22.4 Å². The third-order valence-corrected chi connectivity index (χ3v) is 5.68. The van der Waals surface area contributed by atoms with Gasteiger partial charge in [-0.05, 0) is 63.6 Å². The highest BCUT2D eigenvalue weighted by atomic mass is 16.5. The molecular formula is C27H31NO7. The first-order valence-electron chi connectivity index (χ1n) is 11.8. The zero-order valence-electron chi connectivity index (χ0n) is 20.5. The van der Waals surface area contributed by atoms with Gasteiger partial charge in [-0.25, -0.2) is 9.78 Å². The standard InChI is InChI=1S/C27H31NO7/c1-5-31-24(27(29)30)14-19-8-11-23(21-12-13-32-25(19)21)33-15-22-17(4)35-26(28-22)18-6-9-20(10-7-18)34-16(2)3/h6-11,16,24H,5,12-15H2,1-4H3,(H,29,30). The predicted molar refractivity (Wildman–Crippen MR) is 129 cm³/mol. The van der Waals surface area contributed by atoms with Crippen molar-refractivity contribution in [2.45, 2.75) is 59.4 Å². The largest absolute Gasteiger partial charge is 0.493 e. The lowest BCUT2D eigenvalue weighted by Gasteiger charge is -2.16. The summed E-state index contributed by atoms with van der Waals surface area (Å²) in [5.41, 5.74) is 3.30. The molecule has 1 aliphatic rings. The molecule has 1 N–H and O–H groups in total. The zero-order valence-corrected chi connectivity index (χ0v) is 20.5. The summed E-state index contributed by atoms with van der Waals surface area (Å²) in [5.74, 6) is 2.41. The molecule has 0 amide bonds. The van der Waals surface area contributed by atoms with Crippen molar-refractivity contribution in [3.8, 4) is 28.7 Å². The molecule has 0 aliphatic carbocycles. The average molecular weight is 482 g/mol. The molecule has 8 nitrogen and oxygen atoms in total. The smallest absolute Gasteiger partial charge is 0.333 e. The predicted octanol–water partition coefficient (Wildman–Crippen LogP) is 4.98. The lowest BCUT2D eigenvalue weighted by atomic mass is 10.0. The van der Waals surface area contributed by atoms with E-state index in [1.54, 1.807) is 6.92 Å². The average Bonchev–Trinajstić information content (AvgIpc) is 3.45. The molecule has 0 radical (unpaired) electrons. The number of ether oxygens (including phenoxy) is 4. The Hall–Kier alpha value is -3.52. The molecule has 0 saturated heterocycles. The van der Waals surface area contributed by atoms with Gasteiger partial charge in [-0.2, -0.15) is 0 Å². The number of hydrogen-bond donors (Lipinski definition) is 1. The van der Waals surface area contributed by atoms with E-state index in [1.165, 1.54) is 0 Å². The molecule has 0 spiro atoms. The lowest BCUT2D eigenvalue weighted by Crippen LogP contribution is -2.26. The molecule has 1 unspecified atom stereocenters. The molecule has 3 aromatic rings. The summed E-state index contributed by atoms with van der Waals surface area (Å²) in [4.78, 5) is 16.1. The normalized spacial score (nSPS) is 13.4. The number of benzene rings is 2. The number of aromatic nitrogens is 1. The second-order valence-corrected chi connectivity index (χ2v) is 8.62. The summed E-state index contributed by atoms with van der Waals surface area (Å²) in [6, 6.07) is 11.3. The van der Waals surface area contributed by atoms with Crippen LogP contribution < -0.4 is 14.2 Å². The van der Waals surface area contributed by atoms with E-state index in [2.05, 4.69) is 4.98 Å². The van der Waals surface area contributed by atoms with Crippen LogP contribution in [-0.4, -0.2) is 41.5 Å². The SMILES string of the molecule is CCOC(Cc1ccc(OCc2nc(-c3ccc(OC(C)C)cc3)oc2C)c2c1OCC2)C(=O)O. The van der Waals surface area contributed by atoms with E-state index < -0.39 is 12.1 Å². The van der Waals surface area contributed by atoms with Gasteiger partial charge in [0.25, 0.3) is 0 Å². The van der Waals surface area contributed by atoms with Gasteiger partial charge in [0.15, 0.2) is 6.10 Å². The quantitative estimate of drug-likeness (QED) is 0.409. The van der Waals surface area contributed by atoms with Crippen molar-refractivity contribution in [1.82, 2.24) is 4.98 Å². The van der Waals surface area contributed by atoms with E-state index in [4.69, 9.17) is 23.4 Å². The molecule has 1 atom stereocenters. The zero-order chi connectivity index (χ0) is 24.9. The molecule has 1 aromatic heterocycles. The van der Waals surface area contributed by atoms with Crippen molar-refractivity contribution in [1.29, 1.82) is 0 Å². The van der Waals surface area contributed by atoms with Crippen LogP contribution in [-0.2, 0) is 29.0 Å². The molecule has 0 bridgehead atoms. The summed E-state index contributed by atoms with van der Waals surface area (Å²) in [6.45, 7) is 8.71. The van der Waals surface area contributed by atoms with E-state index in [-0.39, 0.29) is 19.1 Å². The van der Waals surface area contributed by atoms with Crippen LogP contribution in [0.4, 0.5) is 0 Å². The third-order valence-electron chi connectivity index (χ3n) is 5.68. The highest BCUT2D eigenvalue weighted by molar-refractivity contribution is 5.73. The van der Waals surface area contributed by atoms with Gasteiger partial charge in [0.2, 0.25) is 5.89 Å². The molecule has 2 aromatic carbocycles. The van der Waals surface area contributed by atoms with E-state index in [9.17, 15) is 9.90 Å². The van der Waals surface area contributed by atoms with Crippen LogP contribution in [0.15, 0.2) is 40.8 Å². The maximum Gasteiger partial charge on any atom is 0.333 e. The number of rotatable bonds is 11. The monoisotopic (exact) mass is 481 g/mol. The van der Waals surface area contributed by atoms with Crippen LogP contribution in [0.1, 0.15) is 43.4 Å². The maximum absolute atomic E-state index is 11.5. The molecular weight excluding hydrogens is 450 g/mol. The fraction of sp³-hybridized carbons (Fsp3) is 0.407. The first kappa shape index (κ1) is 24.6. The highest BCUT2D eigenvalue weighted by Gasteiger charge is 2.26. The topological polar surface area (TPSA) is 100 Å². The number of hydrogen-bond acceptors (Lipinski definition) is 7. The van der Waals surface area contributed by atoms with Crippen LogP contribution in [0, 0.1) is 6.92 Å². The first-order valence-corrected chi connectivity index (χ1v) is 11.8. The minimum absolute atomic E-state index is 0.109. The summed E-state index contributed by atoms with van der Waals surface area (Å²) in [6.07, 6.45) is 0.122. The van der Waals surface area contributed by atoms with Crippen molar-refractivity contribution < 1.29 is 33.3 Å². The Morgan fingerprint density at radius 3 is 2.63 bits per heavy atom. The molecule has 0 fully saturated rings. The van der Waals surface area contributed by atoms with Crippen molar-refractivity contribution in [2.24, 2.45) is 0 Å². The molecule has 186 valence electrons. The highest BCUT2D eigenvalue weighted by Crippen LogP contribution is 2.38. The molecule has 0 saturated carbocycles. The summed E-state index contributed by atoms with van der Waals surface area (Å²) in [7, 11) is 0. The van der Waals surface area contributed by atoms with E-state index in [1.807, 2.05) is 57.2 Å². The number of carboxylic acid groups (broad SMARTS) is 1. The van der Waals surface area contributed by atoms with Gasteiger partial charge < -0.3 is 28.5 Å². The van der Waals surface area contributed by atoms with Crippen LogP contribution in [0.25, 0.3) is 11.5 Å². The van der Waals surface area contributed by atoms with Crippen molar-refractivity contribution >= 4 is 5.97 Å². The van der Waals surface area contributed by atoms with Gasteiger partial charge in [-0.15, -0.1) is 0 Å². The number of carboxylic acids is 1. The van der Waals surface area contributed by atoms with Crippen molar-refractivity contribution in [2.75, 3.05) is 13.2 Å². The lowest BCUT2D eigenvalue weighted by molar-refractivity contribution is -0.149. The number of oxazole rings is 1. The third kappa shape index (κ3) is 5.77. The van der Waals surface area contributed by atoms with Crippen LogP contribution in [0.3, 0.4) is 0 Å². The Labute approximate surface area is 204 Å². The summed E-state index contributed by atoms with van der Waals surface area (Å²) >= 11 is 0. The van der Waals surface area contributed by atoms with E-state index >= 15 is 0 Å². The Morgan fingerprint density at radius 2 is 1.94 bits per heavy atom. The van der Waals surface area contributed by atoms with Gasteiger partial charge in [-0.3, -0.25) is 0 Å². The van der Waals surface area contributed by atoms with Crippen LogP contribution >= 0.6 is 0 Å². The number of carbonyl (C=O) groups is 1. The van der Waals surface area contributed by atoms with Crippen molar-refractivity contribution in [3.05, 3.63) is 59.0 Å². The summed E-state index contributed by atoms with van der Waals surface area (Å²) in [5, 5.41) is 9.42. The maximum atomic E-state index is 11.5. The Kier molecular flexibility index (Phi) is 7.60. The molecule has 8 heteroatoms. The Morgan fingerprint density at radius 1 is 1.17 bits per heavy atom. The van der Waals surface area contributed by atoms with Gasteiger partial charge in [0.1, 0.15) is 35.3 Å². The molecule has 1 aliphatic heterocycles. The van der Waals surface area contributed by atoms with Gasteiger partial charge in [-0.1, -0.05) is 6.07 Å². The molecule has 35 heavy (non-hydrogen) atoms. The number of aliphatic carboxylic acids is 1. The van der Waals surface area contributed by atoms with Gasteiger partial charge >= 0.3 is 5.97 Å². The first-order chi connectivity index (χ1) is 16.9. The minimum atomic E-state index is -0.988. The van der Waals surface area contributed by atoms with Gasteiger partial charge in [0, 0.05) is 30.6 Å². The van der Waals surface area contributed by atoms with Crippen LogP contribution in [0.5, 0.6) is 17.2 Å². The van der Waals surface area contributed by atoms with E-state index in [0.29, 0.717) is 48.5 Å². The second-order valence-electron chi connectivity index (χ2n) is 8.62. The fourth-order valence-corrected chi connectivity index (χ4v) is 4.02. The van der Waals surface area contributed by atoms with Gasteiger partial charge in [0.05, 0.1) is 12.7 Å². The second kappa shape index (κ2) is 10.8. The van der Waals surface area contributed by atoms with Crippen molar-refractivity contribution in [3.63, 3.8) is 0 Å². The summed E-state index contributed by atoms with van der Waals surface area (Å²) < 4.78 is 28.9.